The van der Waals surface area contributed by atoms with Crippen molar-refractivity contribution in [3.05, 3.63) is 105 Å². The number of Topliss-reactive ketones (excluding diaryl/α,β-unsaturated/α-hetero) is 2. The van der Waals surface area contributed by atoms with Crippen molar-refractivity contribution in [2.24, 2.45) is 7.05 Å². The maximum atomic E-state index is 13.0. The van der Waals surface area contributed by atoms with E-state index in [1.54, 1.807) is 6.08 Å². The van der Waals surface area contributed by atoms with Crippen molar-refractivity contribution in [2.45, 2.75) is 0 Å². The number of benzene rings is 3. The number of hydrogen-bond donors (Lipinski definition) is 0. The first-order chi connectivity index (χ1) is 16.0. The van der Waals surface area contributed by atoms with E-state index in [-0.39, 0.29) is 27.2 Å². The van der Waals surface area contributed by atoms with Gasteiger partial charge in [-0.25, -0.2) is 0 Å². The van der Waals surface area contributed by atoms with E-state index in [1.807, 2.05) is 48.0 Å². The molecule has 0 amide bonds. The van der Waals surface area contributed by atoms with Gasteiger partial charge in [0, 0.05) is 34.9 Å². The smallest absolute Gasteiger partial charge is 0.197 e. The number of para-hydroxylation sites is 2. The second kappa shape index (κ2) is 7.20. The number of fused-ring (bicyclic) bond motifs is 4. The number of rotatable bonds is 2. The number of allylic oxidation sites excluding steroid dienone is 1. The van der Waals surface area contributed by atoms with Crippen molar-refractivity contribution >= 4 is 62.8 Å². The number of aryl methyl sites for hydroxylation is 1. The van der Waals surface area contributed by atoms with Crippen LogP contribution < -0.4 is 0 Å². The highest BCUT2D eigenvalue weighted by Crippen LogP contribution is 2.37. The Morgan fingerprint density at radius 1 is 0.758 bits per heavy atom. The van der Waals surface area contributed by atoms with Crippen molar-refractivity contribution in [2.75, 3.05) is 0 Å². The minimum atomic E-state index is -0.338. The molecule has 0 aliphatic heterocycles. The first kappa shape index (κ1) is 20.0. The van der Waals surface area contributed by atoms with E-state index in [0.29, 0.717) is 11.1 Å². The molecule has 3 aromatic carbocycles. The van der Waals surface area contributed by atoms with Crippen LogP contribution in [0.15, 0.2) is 78.4 Å². The maximum Gasteiger partial charge on any atom is 0.197 e. The molecule has 0 radical (unpaired) electrons. The molecule has 0 saturated heterocycles. The molecular formula is C27H16Cl2N2O2. The van der Waals surface area contributed by atoms with E-state index in [0.717, 1.165) is 33.3 Å². The molecule has 6 heteroatoms. The lowest BCUT2D eigenvalue weighted by Gasteiger charge is -2.06. The van der Waals surface area contributed by atoms with E-state index >= 15 is 0 Å². The molecule has 160 valence electrons. The summed E-state index contributed by atoms with van der Waals surface area (Å²) >= 11 is 12.2. The fourth-order valence-electron chi connectivity index (χ4n) is 4.68. The summed E-state index contributed by atoms with van der Waals surface area (Å²) in [5.74, 6) is -0.675. The van der Waals surface area contributed by atoms with Crippen LogP contribution in [0.1, 0.15) is 26.4 Å². The van der Waals surface area contributed by atoms with Crippen molar-refractivity contribution in [1.29, 1.82) is 0 Å². The average Bonchev–Trinajstić information content (AvgIpc) is 3.39. The summed E-state index contributed by atoms with van der Waals surface area (Å²) in [5.41, 5.74) is 5.61. The lowest BCUT2D eigenvalue weighted by molar-refractivity contribution is 0.0990. The zero-order valence-electron chi connectivity index (χ0n) is 17.5. The number of aromatic nitrogens is 2. The third-order valence-corrected chi connectivity index (χ3v) is 6.96. The second-order valence-corrected chi connectivity index (χ2v) is 8.89. The van der Waals surface area contributed by atoms with Crippen LogP contribution in [0.25, 0.3) is 33.7 Å². The average molecular weight is 471 g/mol. The van der Waals surface area contributed by atoms with Gasteiger partial charge in [0.15, 0.2) is 11.6 Å². The standard InChI is InChI=1S/C27H16Cl2N2O2/c1-30-16(11-20-26(32)18-13-21(28)22(29)14-19(18)27(20)33)12-24-25(30)17-9-5-6-10-23(17)31(24)15-7-3-2-4-8-15/h2-14H,1H3. The van der Waals surface area contributed by atoms with E-state index in [9.17, 15) is 9.59 Å². The predicted octanol–water partition coefficient (Wildman–Crippen LogP) is 6.89. The van der Waals surface area contributed by atoms with Crippen LogP contribution in [0.5, 0.6) is 0 Å². The predicted molar refractivity (Wildman–Crippen MR) is 133 cm³/mol. The van der Waals surface area contributed by atoms with Crippen molar-refractivity contribution in [3.63, 3.8) is 0 Å². The highest BCUT2D eigenvalue weighted by atomic mass is 35.5. The normalized spacial score (nSPS) is 13.4. The van der Waals surface area contributed by atoms with Gasteiger partial charge < -0.3 is 9.13 Å². The summed E-state index contributed by atoms with van der Waals surface area (Å²) in [6.07, 6.45) is 1.66. The lowest BCUT2D eigenvalue weighted by Crippen LogP contribution is -2.02. The molecule has 0 saturated carbocycles. The summed E-state index contributed by atoms with van der Waals surface area (Å²) in [6.45, 7) is 0. The van der Waals surface area contributed by atoms with Crippen molar-refractivity contribution in [1.82, 2.24) is 9.13 Å². The Morgan fingerprint density at radius 2 is 1.36 bits per heavy atom. The molecule has 0 spiro atoms. The fourth-order valence-corrected chi connectivity index (χ4v) is 5.01. The molecule has 0 fully saturated rings. The highest BCUT2D eigenvalue weighted by molar-refractivity contribution is 6.46. The van der Waals surface area contributed by atoms with Gasteiger partial charge >= 0.3 is 0 Å². The van der Waals surface area contributed by atoms with E-state index in [4.69, 9.17) is 23.2 Å². The third-order valence-electron chi connectivity index (χ3n) is 6.24. The summed E-state index contributed by atoms with van der Waals surface area (Å²) in [5, 5.41) is 1.60. The molecule has 4 nitrogen and oxygen atoms in total. The van der Waals surface area contributed by atoms with Gasteiger partial charge in [-0.05, 0) is 42.5 Å². The molecule has 1 aliphatic carbocycles. The molecule has 5 aromatic rings. The Kier molecular flexibility index (Phi) is 4.37. The van der Waals surface area contributed by atoms with Crippen LogP contribution >= 0.6 is 23.2 Å². The number of carbonyl (C=O) groups is 2. The number of nitrogens with zero attached hydrogens (tertiary/aromatic N) is 2. The largest absolute Gasteiger partial charge is 0.342 e. The maximum absolute atomic E-state index is 13.0. The number of ketones is 2. The molecule has 0 bridgehead atoms. The Bertz CT molecular complexity index is 1630. The van der Waals surface area contributed by atoms with Crippen molar-refractivity contribution < 1.29 is 9.59 Å². The second-order valence-electron chi connectivity index (χ2n) is 8.08. The monoisotopic (exact) mass is 470 g/mol. The van der Waals surface area contributed by atoms with Gasteiger partial charge in [-0.1, -0.05) is 59.6 Å². The first-order valence-corrected chi connectivity index (χ1v) is 11.2. The lowest BCUT2D eigenvalue weighted by atomic mass is 10.1. The van der Waals surface area contributed by atoms with Crippen LogP contribution in [0.4, 0.5) is 0 Å². The molecule has 0 N–H and O–H groups in total. The molecule has 2 heterocycles. The molecule has 2 aromatic heterocycles. The zero-order chi connectivity index (χ0) is 22.9. The van der Waals surface area contributed by atoms with Gasteiger partial charge in [0.05, 0.1) is 32.2 Å². The Labute approximate surface area is 199 Å². The zero-order valence-corrected chi connectivity index (χ0v) is 19.0. The summed E-state index contributed by atoms with van der Waals surface area (Å²) < 4.78 is 4.22. The van der Waals surface area contributed by atoms with E-state index < -0.39 is 0 Å². The summed E-state index contributed by atoms with van der Waals surface area (Å²) in [7, 11) is 1.95. The van der Waals surface area contributed by atoms with Crippen LogP contribution in [0.3, 0.4) is 0 Å². The van der Waals surface area contributed by atoms with Crippen LogP contribution in [-0.2, 0) is 7.05 Å². The number of halogens is 2. The van der Waals surface area contributed by atoms with Gasteiger partial charge in [-0.3, -0.25) is 9.59 Å². The third kappa shape index (κ3) is 2.85. The topological polar surface area (TPSA) is 44.0 Å². The first-order valence-electron chi connectivity index (χ1n) is 10.4. The molecule has 0 unspecified atom stereocenters. The van der Waals surface area contributed by atoms with Gasteiger partial charge in [0.2, 0.25) is 0 Å². The quantitative estimate of drug-likeness (QED) is 0.208. The van der Waals surface area contributed by atoms with Crippen LogP contribution in [0, 0.1) is 0 Å². The number of carbonyl (C=O) groups excluding carboxylic acids is 2. The summed E-state index contributed by atoms with van der Waals surface area (Å²) in [4.78, 5) is 26.1. The van der Waals surface area contributed by atoms with Gasteiger partial charge in [0.25, 0.3) is 0 Å². The van der Waals surface area contributed by atoms with Gasteiger partial charge in [0.1, 0.15) is 0 Å². The summed E-state index contributed by atoms with van der Waals surface area (Å²) in [6, 6.07) is 23.3. The molecule has 33 heavy (non-hydrogen) atoms. The fraction of sp³-hybridized carbons (Fsp3) is 0.0370. The van der Waals surface area contributed by atoms with Crippen molar-refractivity contribution in [3.8, 4) is 5.69 Å². The van der Waals surface area contributed by atoms with E-state index in [1.165, 1.54) is 12.1 Å². The molecule has 0 atom stereocenters. The highest BCUT2D eigenvalue weighted by Gasteiger charge is 2.34. The Hall–Kier alpha value is -3.60. The minimum absolute atomic E-state index is 0.113. The SMILES string of the molecule is Cn1c(C=C2C(=O)c3cc(Cl)c(Cl)cc3C2=O)cc2c1c1ccccc1n2-c1ccccc1. The Balaban J connectivity index is 1.58. The molecule has 1 aliphatic rings. The van der Waals surface area contributed by atoms with Gasteiger partial charge in [-0.15, -0.1) is 0 Å². The number of hydrogen-bond acceptors (Lipinski definition) is 2. The van der Waals surface area contributed by atoms with Crippen LogP contribution in [-0.4, -0.2) is 20.7 Å². The molecular weight excluding hydrogens is 455 g/mol. The molecule has 6 rings (SSSR count). The Morgan fingerprint density at radius 3 is 2.03 bits per heavy atom. The van der Waals surface area contributed by atoms with E-state index in [2.05, 4.69) is 28.8 Å². The minimum Gasteiger partial charge on any atom is -0.342 e. The van der Waals surface area contributed by atoms with Crippen LogP contribution in [0.2, 0.25) is 10.0 Å². The van der Waals surface area contributed by atoms with Gasteiger partial charge in [-0.2, -0.15) is 0 Å².